The number of unbranched alkanes of at least 4 members (excludes halogenated alkanes) is 1. The van der Waals surface area contributed by atoms with Gasteiger partial charge >= 0.3 is 5.97 Å². The lowest BCUT2D eigenvalue weighted by Gasteiger charge is -2.24. The minimum Gasteiger partial charge on any atom is -0.480 e. The van der Waals surface area contributed by atoms with Crippen molar-refractivity contribution in [2.45, 2.75) is 75.5 Å². The monoisotopic (exact) mass is 572 g/mol. The van der Waals surface area contributed by atoms with Crippen LogP contribution >= 0.6 is 0 Å². The first-order chi connectivity index (χ1) is 18.8. The molecular weight excluding hydrogens is 528 g/mol. The van der Waals surface area contributed by atoms with Gasteiger partial charge in [-0.2, -0.15) is 0 Å². The van der Waals surface area contributed by atoms with Crippen LogP contribution in [0.15, 0.2) is 9.98 Å². The first-order valence-corrected chi connectivity index (χ1v) is 12.8. The molecule has 18 N–H and O–H groups in total. The van der Waals surface area contributed by atoms with Crippen LogP contribution in [-0.2, 0) is 24.0 Å². The molecule has 0 aromatic heterocycles. The number of nitrogens with one attached hydrogen (secondary N) is 3. The summed E-state index contributed by atoms with van der Waals surface area (Å²) >= 11 is 0. The van der Waals surface area contributed by atoms with Crippen LogP contribution in [0.5, 0.6) is 0 Å². The minimum atomic E-state index is -1.53. The van der Waals surface area contributed by atoms with Crippen molar-refractivity contribution in [1.82, 2.24) is 16.0 Å². The molecule has 0 saturated carbocycles. The first-order valence-electron chi connectivity index (χ1n) is 12.8. The molecule has 0 aliphatic rings. The fraction of sp³-hybridized carbons (Fsp3) is 0.682. The summed E-state index contributed by atoms with van der Waals surface area (Å²) < 4.78 is 0. The Bertz CT molecular complexity index is 905. The van der Waals surface area contributed by atoms with Gasteiger partial charge in [-0.15, -0.1) is 0 Å². The number of aliphatic carboxylic acids is 1. The molecule has 0 heterocycles. The number of aliphatic imine (C=N–C) groups is 2. The van der Waals surface area contributed by atoms with Crippen LogP contribution < -0.4 is 56.1 Å². The summed E-state index contributed by atoms with van der Waals surface area (Å²) in [5.74, 6) is -5.01. The second-order valence-electron chi connectivity index (χ2n) is 8.98. The third-order valence-corrected chi connectivity index (χ3v) is 5.48. The van der Waals surface area contributed by atoms with Crippen molar-refractivity contribution in [2.24, 2.45) is 50.1 Å². The average molecular weight is 573 g/mol. The van der Waals surface area contributed by atoms with Gasteiger partial charge in [0, 0.05) is 13.1 Å². The Kier molecular flexibility index (Phi) is 17.7. The van der Waals surface area contributed by atoms with Crippen molar-refractivity contribution in [3.8, 4) is 0 Å². The molecule has 228 valence electrons. The Morgan fingerprint density at radius 3 is 1.60 bits per heavy atom. The number of carboxylic acids is 1. The van der Waals surface area contributed by atoms with E-state index >= 15 is 0 Å². The minimum absolute atomic E-state index is 0.0411. The van der Waals surface area contributed by atoms with Gasteiger partial charge in [0.15, 0.2) is 11.9 Å². The molecule has 18 heteroatoms. The molecule has 4 amide bonds. The summed E-state index contributed by atoms with van der Waals surface area (Å²) in [6.45, 7) is 0.710. The molecule has 0 bridgehead atoms. The van der Waals surface area contributed by atoms with Crippen LogP contribution in [0.2, 0.25) is 0 Å². The van der Waals surface area contributed by atoms with E-state index in [0.29, 0.717) is 25.8 Å². The van der Waals surface area contributed by atoms with E-state index < -0.39 is 60.2 Å². The zero-order chi connectivity index (χ0) is 30.7. The number of nitrogens with zero attached hydrogens (tertiary/aromatic N) is 2. The van der Waals surface area contributed by atoms with E-state index in [9.17, 15) is 29.1 Å². The fourth-order valence-corrected chi connectivity index (χ4v) is 3.41. The van der Waals surface area contributed by atoms with E-state index in [4.69, 9.17) is 40.1 Å². The zero-order valence-electron chi connectivity index (χ0n) is 22.5. The molecule has 0 aromatic rings. The molecule has 18 nitrogen and oxygen atoms in total. The van der Waals surface area contributed by atoms with Crippen LogP contribution in [0, 0.1) is 0 Å². The largest absolute Gasteiger partial charge is 0.480 e. The van der Waals surface area contributed by atoms with Crippen LogP contribution in [0.3, 0.4) is 0 Å². The molecule has 0 rings (SSSR count). The lowest BCUT2D eigenvalue weighted by Crippen LogP contribution is -2.57. The highest BCUT2D eigenvalue weighted by Gasteiger charge is 2.31. The van der Waals surface area contributed by atoms with Crippen molar-refractivity contribution in [2.75, 3.05) is 19.6 Å². The number of guanidine groups is 2. The number of carbonyl (C=O) groups excluding carboxylic acids is 4. The maximum Gasteiger partial charge on any atom is 0.326 e. The van der Waals surface area contributed by atoms with E-state index in [2.05, 4.69) is 25.9 Å². The number of rotatable bonds is 21. The highest BCUT2D eigenvalue weighted by Crippen LogP contribution is 2.05. The first kappa shape index (κ1) is 35.8. The standard InChI is InChI=1S/C22H44N12O6/c23-8-2-1-5-12(24)17(36)32-13(6-3-9-30-21(26)27)18(37)34-15(11-16(25)35)19(38)33-14(20(39)40)7-4-10-31-22(28)29/h12-15H,1-11,23-24H2,(H2,25,35)(H,32,36)(H,33,38)(H,34,37)(H,39,40)(H4,26,27,30)(H4,28,29,31). The third-order valence-electron chi connectivity index (χ3n) is 5.48. The fourth-order valence-electron chi connectivity index (χ4n) is 3.41. The van der Waals surface area contributed by atoms with Gasteiger partial charge in [0.2, 0.25) is 23.6 Å². The molecule has 4 atom stereocenters. The van der Waals surface area contributed by atoms with Crippen LogP contribution in [-0.4, -0.2) is 90.4 Å². The highest BCUT2D eigenvalue weighted by atomic mass is 16.4. The molecule has 0 aliphatic carbocycles. The summed E-state index contributed by atoms with van der Waals surface area (Å²) in [6.07, 6.45) is 1.46. The number of hydrogen-bond donors (Lipinski definition) is 11. The average Bonchev–Trinajstić information content (AvgIpc) is 2.86. The highest BCUT2D eigenvalue weighted by molar-refractivity contribution is 5.96. The van der Waals surface area contributed by atoms with Gasteiger partial charge < -0.3 is 61.2 Å². The molecule has 0 aliphatic heterocycles. The van der Waals surface area contributed by atoms with E-state index in [-0.39, 0.29) is 50.7 Å². The number of primary amides is 1. The predicted molar refractivity (Wildman–Crippen MR) is 148 cm³/mol. The normalized spacial score (nSPS) is 13.6. The molecule has 0 aromatic carbocycles. The summed E-state index contributed by atoms with van der Waals surface area (Å²) in [6, 6.07) is -4.99. The predicted octanol–water partition coefficient (Wildman–Crippen LogP) is -5.04. The lowest BCUT2D eigenvalue weighted by atomic mass is 10.1. The van der Waals surface area contributed by atoms with Crippen molar-refractivity contribution in [3.05, 3.63) is 0 Å². The van der Waals surface area contributed by atoms with Gasteiger partial charge in [-0.25, -0.2) is 4.79 Å². The Morgan fingerprint density at radius 2 is 1.12 bits per heavy atom. The van der Waals surface area contributed by atoms with Crippen molar-refractivity contribution in [3.63, 3.8) is 0 Å². The summed E-state index contributed by atoms with van der Waals surface area (Å²) in [7, 11) is 0. The maximum absolute atomic E-state index is 13.1. The van der Waals surface area contributed by atoms with E-state index in [1.165, 1.54) is 0 Å². The number of hydrogen-bond acceptors (Lipinski definition) is 9. The maximum atomic E-state index is 13.1. The smallest absolute Gasteiger partial charge is 0.326 e. The Balaban J connectivity index is 5.58. The molecule has 0 fully saturated rings. The van der Waals surface area contributed by atoms with Crippen LogP contribution in [0.25, 0.3) is 0 Å². The Morgan fingerprint density at radius 1 is 0.650 bits per heavy atom. The molecule has 40 heavy (non-hydrogen) atoms. The van der Waals surface area contributed by atoms with Gasteiger partial charge in [0.05, 0.1) is 12.5 Å². The van der Waals surface area contributed by atoms with Crippen molar-refractivity contribution in [1.29, 1.82) is 0 Å². The van der Waals surface area contributed by atoms with Gasteiger partial charge in [-0.05, 0) is 45.1 Å². The second kappa shape index (κ2) is 19.8. The van der Waals surface area contributed by atoms with Gasteiger partial charge in [-0.3, -0.25) is 29.2 Å². The summed E-state index contributed by atoms with van der Waals surface area (Å²) in [5.41, 5.74) is 37.7. The zero-order valence-corrected chi connectivity index (χ0v) is 22.5. The molecular formula is C22H44N12O6. The van der Waals surface area contributed by atoms with Crippen molar-refractivity contribution >= 4 is 41.5 Å². The lowest BCUT2D eigenvalue weighted by molar-refractivity contribution is -0.142. The van der Waals surface area contributed by atoms with Crippen molar-refractivity contribution < 1.29 is 29.1 Å². The molecule has 0 spiro atoms. The van der Waals surface area contributed by atoms with E-state index in [1.54, 1.807) is 0 Å². The van der Waals surface area contributed by atoms with Crippen LogP contribution in [0.4, 0.5) is 0 Å². The third kappa shape index (κ3) is 16.6. The molecule has 4 unspecified atom stereocenters. The Labute approximate surface area is 232 Å². The molecule has 0 saturated heterocycles. The number of carbonyl (C=O) groups is 5. The SMILES string of the molecule is NCCCCC(N)C(=O)NC(CCCN=C(N)N)C(=O)NC(CC(N)=O)C(=O)NC(CCCN=C(N)N)C(=O)O. The van der Waals surface area contributed by atoms with E-state index in [1.807, 2.05) is 0 Å². The van der Waals surface area contributed by atoms with Gasteiger partial charge in [0.1, 0.15) is 18.1 Å². The Hall–Kier alpha value is -4.19. The summed E-state index contributed by atoms with van der Waals surface area (Å²) in [4.78, 5) is 69.5. The van der Waals surface area contributed by atoms with Crippen LogP contribution in [0.1, 0.15) is 51.4 Å². The second-order valence-corrected chi connectivity index (χ2v) is 8.98. The molecule has 0 radical (unpaired) electrons. The number of nitrogens with two attached hydrogens (primary N) is 7. The summed E-state index contributed by atoms with van der Waals surface area (Å²) in [5, 5.41) is 16.7. The number of amides is 4. The quantitative estimate of drug-likeness (QED) is 0.0349. The van der Waals surface area contributed by atoms with Gasteiger partial charge in [-0.1, -0.05) is 6.42 Å². The number of carboxylic acid groups (broad SMARTS) is 1. The van der Waals surface area contributed by atoms with E-state index in [0.717, 1.165) is 0 Å². The van der Waals surface area contributed by atoms with Gasteiger partial charge in [0.25, 0.3) is 0 Å². The topological polar surface area (TPSA) is 349 Å².